The summed E-state index contributed by atoms with van der Waals surface area (Å²) in [5.41, 5.74) is 10.3. The minimum absolute atomic E-state index is 0.308. The quantitative estimate of drug-likeness (QED) is 0.432. The fraction of sp³-hybridized carbons (Fsp3) is 0.417. The first-order valence-corrected chi connectivity index (χ1v) is 5.84. The van der Waals surface area contributed by atoms with E-state index in [0.29, 0.717) is 18.0 Å². The van der Waals surface area contributed by atoms with Crippen LogP contribution < -0.4 is 11.2 Å². The number of nitrogens with zero attached hydrogens (tertiary/aromatic N) is 1. The van der Waals surface area contributed by atoms with Gasteiger partial charge in [0.25, 0.3) is 0 Å². The molecule has 0 spiro atoms. The van der Waals surface area contributed by atoms with E-state index >= 15 is 0 Å². The normalized spacial score (nSPS) is 11.3. The van der Waals surface area contributed by atoms with E-state index in [4.69, 9.17) is 10.5 Å². The van der Waals surface area contributed by atoms with Crippen LogP contribution in [0, 0.1) is 13.8 Å². The van der Waals surface area contributed by atoms with Gasteiger partial charge in [-0.05, 0) is 33.3 Å². The molecule has 1 aromatic rings. The lowest BCUT2D eigenvalue weighted by Crippen LogP contribution is -2.25. The summed E-state index contributed by atoms with van der Waals surface area (Å²) in [4.78, 5) is 25.3. The first-order valence-electron chi connectivity index (χ1n) is 5.84. The van der Waals surface area contributed by atoms with Gasteiger partial charge in [-0.25, -0.2) is 15.0 Å². The van der Waals surface area contributed by atoms with Gasteiger partial charge in [0.2, 0.25) is 0 Å². The van der Waals surface area contributed by atoms with Crippen LogP contribution in [0.2, 0.25) is 0 Å². The van der Waals surface area contributed by atoms with Gasteiger partial charge in [0.05, 0.1) is 12.3 Å². The molecule has 1 aromatic heterocycles. The number of urea groups is 1. The topological polar surface area (TPSA) is 110 Å². The largest absolute Gasteiger partial charge is 0.461 e. The maximum atomic E-state index is 11.7. The van der Waals surface area contributed by atoms with Gasteiger partial charge in [0, 0.05) is 11.3 Å². The smallest absolute Gasteiger partial charge is 0.355 e. The molecule has 0 aliphatic rings. The van der Waals surface area contributed by atoms with Crippen LogP contribution in [-0.2, 0) is 4.74 Å². The molecule has 0 bridgehead atoms. The van der Waals surface area contributed by atoms with Gasteiger partial charge in [-0.2, -0.15) is 5.10 Å². The third-order valence-corrected chi connectivity index (χ3v) is 2.61. The average molecular weight is 266 g/mol. The van der Waals surface area contributed by atoms with E-state index in [1.54, 1.807) is 20.8 Å². The number of aromatic amines is 1. The average Bonchev–Trinajstić information content (AvgIpc) is 2.62. The summed E-state index contributed by atoms with van der Waals surface area (Å²) in [7, 11) is 0. The predicted molar refractivity (Wildman–Crippen MR) is 71.2 cm³/mol. The first kappa shape index (κ1) is 14.7. The van der Waals surface area contributed by atoms with E-state index in [1.807, 2.05) is 6.92 Å². The molecule has 4 N–H and O–H groups in total. The van der Waals surface area contributed by atoms with Gasteiger partial charge >= 0.3 is 12.0 Å². The van der Waals surface area contributed by atoms with Crippen LogP contribution in [-0.4, -0.2) is 29.3 Å². The summed E-state index contributed by atoms with van der Waals surface area (Å²) in [6.07, 6.45) is 0. The molecular weight excluding hydrogens is 248 g/mol. The molecule has 1 heterocycles. The number of rotatable bonds is 4. The maximum absolute atomic E-state index is 11.7. The Morgan fingerprint density at radius 1 is 1.42 bits per heavy atom. The number of carbonyl (C=O) groups excluding carboxylic acids is 2. The van der Waals surface area contributed by atoms with Crippen LogP contribution in [0.25, 0.3) is 0 Å². The molecule has 0 radical (unpaired) electrons. The number of nitrogens with two attached hydrogens (primary N) is 1. The van der Waals surface area contributed by atoms with Crippen molar-refractivity contribution < 1.29 is 14.3 Å². The number of H-pyrrole nitrogens is 1. The van der Waals surface area contributed by atoms with Crippen LogP contribution in [0.1, 0.15) is 41.2 Å². The Morgan fingerprint density at radius 2 is 2.05 bits per heavy atom. The summed E-state index contributed by atoms with van der Waals surface area (Å²) in [5, 5.41) is 3.85. The van der Waals surface area contributed by atoms with E-state index < -0.39 is 12.0 Å². The van der Waals surface area contributed by atoms with Crippen molar-refractivity contribution in [3.63, 3.8) is 0 Å². The van der Waals surface area contributed by atoms with Crippen LogP contribution >= 0.6 is 0 Å². The molecule has 0 saturated carbocycles. The van der Waals surface area contributed by atoms with Crippen LogP contribution in [0.15, 0.2) is 5.10 Å². The standard InChI is InChI=1S/C12H18N4O3/c1-5-19-11(17)10-6(2)9(7(3)14-10)8(4)15-16-12(13)18/h14H,5H2,1-4H3,(H3,13,16,18). The highest BCUT2D eigenvalue weighted by molar-refractivity contribution is 6.04. The summed E-state index contributed by atoms with van der Waals surface area (Å²) >= 11 is 0. The summed E-state index contributed by atoms with van der Waals surface area (Å²) in [6.45, 7) is 7.37. The second-order valence-corrected chi connectivity index (χ2v) is 4.02. The van der Waals surface area contributed by atoms with Gasteiger partial charge in [-0.15, -0.1) is 0 Å². The van der Waals surface area contributed by atoms with Crippen molar-refractivity contribution in [1.82, 2.24) is 10.4 Å². The van der Waals surface area contributed by atoms with Gasteiger partial charge < -0.3 is 15.5 Å². The summed E-state index contributed by atoms with van der Waals surface area (Å²) < 4.78 is 4.96. The number of aryl methyl sites for hydroxylation is 1. The molecule has 19 heavy (non-hydrogen) atoms. The lowest BCUT2D eigenvalue weighted by molar-refractivity contribution is 0.0519. The van der Waals surface area contributed by atoms with Crippen molar-refractivity contribution >= 4 is 17.7 Å². The van der Waals surface area contributed by atoms with E-state index in [0.717, 1.165) is 16.8 Å². The van der Waals surface area contributed by atoms with Crippen molar-refractivity contribution in [2.45, 2.75) is 27.7 Å². The Balaban J connectivity index is 3.13. The highest BCUT2D eigenvalue weighted by atomic mass is 16.5. The Kier molecular flexibility index (Phi) is 4.68. The molecule has 0 atom stereocenters. The lowest BCUT2D eigenvalue weighted by Gasteiger charge is -2.03. The monoisotopic (exact) mass is 266 g/mol. The minimum atomic E-state index is -0.740. The zero-order chi connectivity index (χ0) is 14.6. The van der Waals surface area contributed by atoms with Crippen molar-refractivity contribution in [2.75, 3.05) is 6.61 Å². The molecule has 0 fully saturated rings. The second kappa shape index (κ2) is 6.03. The zero-order valence-electron chi connectivity index (χ0n) is 11.5. The molecule has 0 saturated heterocycles. The van der Waals surface area contributed by atoms with Crippen LogP contribution in [0.3, 0.4) is 0 Å². The molecule has 1 rings (SSSR count). The van der Waals surface area contributed by atoms with E-state index in [9.17, 15) is 9.59 Å². The molecular formula is C12H18N4O3. The molecule has 7 nitrogen and oxygen atoms in total. The molecule has 0 aliphatic carbocycles. The highest BCUT2D eigenvalue weighted by Gasteiger charge is 2.19. The van der Waals surface area contributed by atoms with E-state index in [-0.39, 0.29) is 0 Å². The van der Waals surface area contributed by atoms with Gasteiger partial charge in [0.1, 0.15) is 5.69 Å². The third kappa shape index (κ3) is 3.34. The molecule has 0 aromatic carbocycles. The maximum Gasteiger partial charge on any atom is 0.355 e. The Morgan fingerprint density at radius 3 is 2.58 bits per heavy atom. The summed E-state index contributed by atoms with van der Waals surface area (Å²) in [6, 6.07) is -0.740. The number of aromatic nitrogens is 1. The number of carbonyl (C=O) groups is 2. The molecule has 104 valence electrons. The van der Waals surface area contributed by atoms with E-state index in [2.05, 4.69) is 15.5 Å². The SMILES string of the molecule is CCOC(=O)c1[nH]c(C)c(C(C)=NNC(N)=O)c1C. The summed E-state index contributed by atoms with van der Waals surface area (Å²) in [5.74, 6) is -0.412. The Bertz CT molecular complexity index is 531. The molecule has 2 amide bonds. The fourth-order valence-electron chi connectivity index (χ4n) is 1.89. The first-order chi connectivity index (χ1) is 8.88. The number of hydrogen-bond donors (Lipinski definition) is 3. The van der Waals surface area contributed by atoms with Gasteiger partial charge in [-0.1, -0.05) is 0 Å². The Labute approximate surface area is 111 Å². The molecule has 0 unspecified atom stereocenters. The fourth-order valence-corrected chi connectivity index (χ4v) is 1.89. The van der Waals surface area contributed by atoms with Crippen LogP contribution in [0.5, 0.6) is 0 Å². The van der Waals surface area contributed by atoms with Gasteiger partial charge in [-0.3, -0.25) is 0 Å². The number of primary amides is 1. The zero-order valence-corrected chi connectivity index (χ0v) is 11.5. The lowest BCUT2D eigenvalue weighted by atomic mass is 10.1. The highest BCUT2D eigenvalue weighted by Crippen LogP contribution is 2.19. The minimum Gasteiger partial charge on any atom is -0.461 e. The number of hydrazone groups is 1. The van der Waals surface area contributed by atoms with Crippen molar-refractivity contribution in [3.05, 3.63) is 22.5 Å². The van der Waals surface area contributed by atoms with Crippen molar-refractivity contribution in [2.24, 2.45) is 10.8 Å². The second-order valence-electron chi connectivity index (χ2n) is 4.02. The molecule has 0 aliphatic heterocycles. The number of amides is 2. The van der Waals surface area contributed by atoms with Crippen molar-refractivity contribution in [3.8, 4) is 0 Å². The number of nitrogens with one attached hydrogen (secondary N) is 2. The van der Waals surface area contributed by atoms with E-state index in [1.165, 1.54) is 0 Å². The third-order valence-electron chi connectivity index (χ3n) is 2.61. The predicted octanol–water partition coefficient (Wildman–Crippen LogP) is 1.20. The Hall–Kier alpha value is -2.31. The number of esters is 1. The molecule has 7 heteroatoms. The van der Waals surface area contributed by atoms with Crippen LogP contribution in [0.4, 0.5) is 4.79 Å². The van der Waals surface area contributed by atoms with Crippen molar-refractivity contribution in [1.29, 1.82) is 0 Å². The number of hydrogen-bond acceptors (Lipinski definition) is 4. The number of ether oxygens (including phenoxy) is 1. The van der Waals surface area contributed by atoms with Gasteiger partial charge in [0.15, 0.2) is 0 Å².